The number of carbonyl (C=O) groups excluding carboxylic acids is 1. The maximum Gasteiger partial charge on any atom is 0.237 e. The van der Waals surface area contributed by atoms with Crippen LogP contribution in [0, 0.1) is 0 Å². The molecule has 0 radical (unpaired) electrons. The highest BCUT2D eigenvalue weighted by Crippen LogP contribution is 2.15. The zero-order valence-electron chi connectivity index (χ0n) is 15.2. The predicted octanol–water partition coefficient (Wildman–Crippen LogP) is 1.31. The summed E-state index contributed by atoms with van der Waals surface area (Å²) in [7, 11) is -3.17. The zero-order valence-corrected chi connectivity index (χ0v) is 16.1. The number of piperidine rings is 1. The number of amides is 1. The Labute approximate surface area is 151 Å². The molecule has 1 heterocycles. The van der Waals surface area contributed by atoms with Gasteiger partial charge in [-0.25, -0.2) is 13.1 Å². The number of hydrogen-bond acceptors (Lipinski definition) is 4. The van der Waals surface area contributed by atoms with Crippen LogP contribution in [-0.2, 0) is 14.8 Å². The smallest absolute Gasteiger partial charge is 0.237 e. The van der Waals surface area contributed by atoms with Gasteiger partial charge in [0.1, 0.15) is 0 Å². The summed E-state index contributed by atoms with van der Waals surface area (Å²) < 4.78 is 25.3. The summed E-state index contributed by atoms with van der Waals surface area (Å²) in [4.78, 5) is 14.5. The van der Waals surface area contributed by atoms with Gasteiger partial charge in [0, 0.05) is 25.7 Å². The van der Waals surface area contributed by atoms with Crippen molar-refractivity contribution in [2.24, 2.45) is 0 Å². The van der Waals surface area contributed by atoms with Gasteiger partial charge in [-0.15, -0.1) is 0 Å². The second-order valence-corrected chi connectivity index (χ2v) is 8.71. The molecule has 0 aromatic heterocycles. The van der Waals surface area contributed by atoms with E-state index in [9.17, 15) is 13.2 Å². The maximum atomic E-state index is 12.4. The third-order valence-corrected chi connectivity index (χ3v) is 5.55. The molecule has 1 aromatic rings. The molecule has 1 aromatic carbocycles. The summed E-state index contributed by atoms with van der Waals surface area (Å²) in [5.41, 5.74) is 1.21. The van der Waals surface area contributed by atoms with Crippen LogP contribution in [0.15, 0.2) is 30.3 Å². The van der Waals surface area contributed by atoms with E-state index in [1.165, 1.54) is 11.8 Å². The lowest BCUT2D eigenvalue weighted by Gasteiger charge is -2.35. The van der Waals surface area contributed by atoms with Crippen molar-refractivity contribution < 1.29 is 13.2 Å². The van der Waals surface area contributed by atoms with Crippen LogP contribution in [0.25, 0.3) is 0 Å². The van der Waals surface area contributed by atoms with Gasteiger partial charge in [0.2, 0.25) is 15.9 Å². The molecule has 0 saturated carbocycles. The second-order valence-electron chi connectivity index (χ2n) is 6.93. The number of rotatable bonds is 7. The van der Waals surface area contributed by atoms with Crippen molar-refractivity contribution in [2.75, 3.05) is 25.9 Å². The lowest BCUT2D eigenvalue weighted by Crippen LogP contribution is -2.51. The molecule has 1 fully saturated rings. The molecule has 0 spiro atoms. The quantitative estimate of drug-likeness (QED) is 0.762. The molecule has 2 atom stereocenters. The number of nitrogens with zero attached hydrogens (tertiary/aromatic N) is 1. The molecule has 140 valence electrons. The maximum absolute atomic E-state index is 12.4. The number of benzene rings is 1. The van der Waals surface area contributed by atoms with Gasteiger partial charge < -0.3 is 5.32 Å². The number of carbonyl (C=O) groups is 1. The lowest BCUT2D eigenvalue weighted by molar-refractivity contribution is -0.126. The Morgan fingerprint density at radius 3 is 2.36 bits per heavy atom. The van der Waals surface area contributed by atoms with Crippen molar-refractivity contribution in [3.8, 4) is 0 Å². The van der Waals surface area contributed by atoms with Crippen molar-refractivity contribution >= 4 is 15.9 Å². The monoisotopic (exact) mass is 367 g/mol. The predicted molar refractivity (Wildman–Crippen MR) is 99.9 cm³/mol. The number of hydrogen-bond donors (Lipinski definition) is 2. The normalized spacial score (nSPS) is 19.3. The van der Waals surface area contributed by atoms with E-state index < -0.39 is 10.0 Å². The Hall–Kier alpha value is -1.44. The van der Waals surface area contributed by atoms with Crippen LogP contribution in [-0.4, -0.2) is 57.2 Å². The van der Waals surface area contributed by atoms with Gasteiger partial charge in [-0.1, -0.05) is 37.3 Å². The SMILES string of the molecule is CC(CNC(=O)C(C)N1CCC(NS(C)(=O)=O)CC1)c1ccccc1. The highest BCUT2D eigenvalue weighted by Gasteiger charge is 2.27. The van der Waals surface area contributed by atoms with Crippen molar-refractivity contribution in [3.63, 3.8) is 0 Å². The van der Waals surface area contributed by atoms with Gasteiger partial charge in [-0.05, 0) is 31.2 Å². The van der Waals surface area contributed by atoms with E-state index in [4.69, 9.17) is 0 Å². The Kier molecular flexibility index (Phi) is 6.98. The fourth-order valence-electron chi connectivity index (χ4n) is 3.17. The summed E-state index contributed by atoms with van der Waals surface area (Å²) in [5, 5.41) is 3.04. The molecule has 0 bridgehead atoms. The third-order valence-electron chi connectivity index (χ3n) is 4.79. The van der Waals surface area contributed by atoms with Crippen molar-refractivity contribution in [1.29, 1.82) is 0 Å². The Balaban J connectivity index is 1.77. The molecule has 1 saturated heterocycles. The minimum atomic E-state index is -3.17. The molecule has 7 heteroatoms. The Morgan fingerprint density at radius 1 is 1.20 bits per heavy atom. The molecular weight excluding hydrogens is 338 g/mol. The largest absolute Gasteiger partial charge is 0.354 e. The van der Waals surface area contributed by atoms with Crippen molar-refractivity contribution in [1.82, 2.24) is 14.9 Å². The average molecular weight is 368 g/mol. The highest BCUT2D eigenvalue weighted by atomic mass is 32.2. The fourth-order valence-corrected chi connectivity index (χ4v) is 4.02. The first-order valence-corrected chi connectivity index (χ1v) is 10.7. The minimum absolute atomic E-state index is 0.0253. The van der Waals surface area contributed by atoms with E-state index in [1.807, 2.05) is 25.1 Å². The average Bonchev–Trinajstić information content (AvgIpc) is 2.58. The molecule has 2 unspecified atom stereocenters. The molecule has 0 aliphatic carbocycles. The van der Waals surface area contributed by atoms with E-state index in [0.717, 1.165) is 25.9 Å². The van der Waals surface area contributed by atoms with E-state index in [1.54, 1.807) is 0 Å². The molecular formula is C18H29N3O3S. The second kappa shape index (κ2) is 8.78. The van der Waals surface area contributed by atoms with E-state index in [0.29, 0.717) is 6.54 Å². The van der Waals surface area contributed by atoms with Crippen LogP contribution < -0.4 is 10.0 Å². The molecule has 2 rings (SSSR count). The molecule has 1 amide bonds. The molecule has 2 N–H and O–H groups in total. The van der Waals surface area contributed by atoms with Gasteiger partial charge in [0.15, 0.2) is 0 Å². The first-order chi connectivity index (χ1) is 11.8. The van der Waals surface area contributed by atoms with E-state index >= 15 is 0 Å². The number of sulfonamides is 1. The van der Waals surface area contributed by atoms with Crippen LogP contribution in [0.1, 0.15) is 38.2 Å². The number of nitrogens with one attached hydrogen (secondary N) is 2. The van der Waals surface area contributed by atoms with Gasteiger partial charge in [0.25, 0.3) is 0 Å². The molecule has 6 nitrogen and oxygen atoms in total. The summed E-state index contributed by atoms with van der Waals surface area (Å²) in [6.07, 6.45) is 2.64. The minimum Gasteiger partial charge on any atom is -0.354 e. The first kappa shape index (κ1) is 19.9. The van der Waals surface area contributed by atoms with Crippen LogP contribution in [0.3, 0.4) is 0 Å². The zero-order chi connectivity index (χ0) is 18.4. The molecule has 1 aliphatic rings. The van der Waals surface area contributed by atoms with Crippen molar-refractivity contribution in [3.05, 3.63) is 35.9 Å². The van der Waals surface area contributed by atoms with Gasteiger partial charge in [-0.2, -0.15) is 0 Å². The van der Waals surface area contributed by atoms with Crippen LogP contribution >= 0.6 is 0 Å². The standard InChI is InChI=1S/C18H29N3O3S/c1-14(16-7-5-4-6-8-16)13-19-18(22)15(2)21-11-9-17(10-12-21)20-25(3,23)24/h4-8,14-15,17,20H,9-13H2,1-3H3,(H,19,22). The fraction of sp³-hybridized carbons (Fsp3) is 0.611. The third kappa shape index (κ3) is 6.41. The first-order valence-electron chi connectivity index (χ1n) is 8.80. The number of likely N-dealkylation sites (tertiary alicyclic amines) is 1. The lowest BCUT2D eigenvalue weighted by atomic mass is 10.0. The van der Waals surface area contributed by atoms with Crippen LogP contribution in [0.2, 0.25) is 0 Å². The van der Waals surface area contributed by atoms with Crippen LogP contribution in [0.4, 0.5) is 0 Å². The van der Waals surface area contributed by atoms with Gasteiger partial charge in [0.05, 0.1) is 12.3 Å². The highest BCUT2D eigenvalue weighted by molar-refractivity contribution is 7.88. The Bertz CT molecular complexity index is 655. The summed E-state index contributed by atoms with van der Waals surface area (Å²) in [5.74, 6) is 0.291. The summed E-state index contributed by atoms with van der Waals surface area (Å²) in [6, 6.07) is 9.90. The topological polar surface area (TPSA) is 78.5 Å². The Morgan fingerprint density at radius 2 is 1.80 bits per heavy atom. The molecule has 25 heavy (non-hydrogen) atoms. The van der Waals surface area contributed by atoms with Gasteiger partial charge >= 0.3 is 0 Å². The van der Waals surface area contributed by atoms with E-state index in [-0.39, 0.29) is 23.9 Å². The molecule has 1 aliphatic heterocycles. The van der Waals surface area contributed by atoms with Crippen LogP contribution in [0.5, 0.6) is 0 Å². The van der Waals surface area contributed by atoms with E-state index in [2.05, 4.69) is 34.0 Å². The van der Waals surface area contributed by atoms with Crippen molar-refractivity contribution in [2.45, 2.75) is 44.7 Å². The summed E-state index contributed by atoms with van der Waals surface area (Å²) in [6.45, 7) is 6.06. The summed E-state index contributed by atoms with van der Waals surface area (Å²) >= 11 is 0. The van der Waals surface area contributed by atoms with Gasteiger partial charge in [-0.3, -0.25) is 9.69 Å².